The van der Waals surface area contributed by atoms with Crippen molar-refractivity contribution in [2.45, 2.75) is 58.5 Å². The lowest BCUT2D eigenvalue weighted by Crippen LogP contribution is -2.52. The first-order valence-corrected chi connectivity index (χ1v) is 11.9. The van der Waals surface area contributed by atoms with Crippen LogP contribution >= 0.6 is 0 Å². The van der Waals surface area contributed by atoms with E-state index in [1.807, 2.05) is 37.3 Å². The molecule has 0 spiro atoms. The lowest BCUT2D eigenvalue weighted by molar-refractivity contribution is -0.161. The number of esters is 1. The van der Waals surface area contributed by atoms with Crippen molar-refractivity contribution >= 4 is 17.4 Å². The Hall–Kier alpha value is -2.40. The van der Waals surface area contributed by atoms with Crippen LogP contribution in [0.5, 0.6) is 0 Å². The van der Waals surface area contributed by atoms with Gasteiger partial charge in [-0.05, 0) is 80.8 Å². The maximum absolute atomic E-state index is 13.1. The average molecular weight is 436 g/mol. The molecule has 1 aliphatic heterocycles. The second-order valence-electron chi connectivity index (χ2n) is 10.6. The molecule has 0 saturated heterocycles. The molecule has 4 aliphatic rings. The van der Waals surface area contributed by atoms with Crippen molar-refractivity contribution in [2.24, 2.45) is 28.6 Å². The van der Waals surface area contributed by atoms with E-state index in [0.717, 1.165) is 44.2 Å². The molecule has 5 nitrogen and oxygen atoms in total. The van der Waals surface area contributed by atoms with Crippen LogP contribution in [0.25, 0.3) is 0 Å². The van der Waals surface area contributed by atoms with Gasteiger partial charge in [0.2, 0.25) is 5.78 Å². The van der Waals surface area contributed by atoms with Crippen LogP contribution in [0.1, 0.15) is 62.7 Å². The van der Waals surface area contributed by atoms with Crippen LogP contribution in [-0.2, 0) is 9.53 Å². The molecule has 2 saturated carbocycles. The van der Waals surface area contributed by atoms with Gasteiger partial charge in [0, 0.05) is 11.3 Å². The van der Waals surface area contributed by atoms with Crippen LogP contribution in [0.3, 0.4) is 0 Å². The summed E-state index contributed by atoms with van der Waals surface area (Å²) in [5.41, 5.74) is 2.85. The fourth-order valence-corrected chi connectivity index (χ4v) is 7.11. The number of aliphatic hydroxyl groups excluding tert-OH is 1. The van der Waals surface area contributed by atoms with Gasteiger partial charge in [0.1, 0.15) is 0 Å². The predicted molar refractivity (Wildman–Crippen MR) is 123 cm³/mol. The fraction of sp³-hybridized carbons (Fsp3) is 0.556. The van der Waals surface area contributed by atoms with Crippen LogP contribution in [-0.4, -0.2) is 30.1 Å². The Bertz CT molecular complexity index is 1030. The highest BCUT2D eigenvalue weighted by Gasteiger charge is 2.57. The number of aliphatic hydroxyl groups is 1. The number of Topliss-reactive ketones (excluding diaryl/α,β-unsaturated/α-hetero) is 1. The number of nitrogens with one attached hydrogen (secondary N) is 1. The van der Waals surface area contributed by atoms with Gasteiger partial charge in [-0.15, -0.1) is 0 Å². The molecule has 5 rings (SSSR count). The van der Waals surface area contributed by atoms with E-state index in [4.69, 9.17) is 4.74 Å². The van der Waals surface area contributed by atoms with E-state index in [1.54, 1.807) is 0 Å². The molecular formula is C27H33NO4. The van der Waals surface area contributed by atoms with E-state index >= 15 is 0 Å². The van der Waals surface area contributed by atoms with Crippen molar-refractivity contribution in [3.63, 3.8) is 0 Å². The number of anilines is 1. The minimum absolute atomic E-state index is 0.00557. The minimum atomic E-state index is -0.671. The van der Waals surface area contributed by atoms with Crippen LogP contribution < -0.4 is 5.32 Å². The van der Waals surface area contributed by atoms with E-state index in [0.29, 0.717) is 17.2 Å². The van der Waals surface area contributed by atoms with Gasteiger partial charge in [0.15, 0.2) is 0 Å². The van der Waals surface area contributed by atoms with E-state index < -0.39 is 5.41 Å². The van der Waals surface area contributed by atoms with Gasteiger partial charge in [-0.3, -0.25) is 9.59 Å². The zero-order valence-electron chi connectivity index (χ0n) is 19.2. The number of carbonyl (C=O) groups is 2. The molecule has 0 bridgehead atoms. The minimum Gasteiger partial charge on any atom is -0.469 e. The normalized spacial score (nSPS) is 39.4. The lowest BCUT2D eigenvalue weighted by atomic mass is 9.47. The van der Waals surface area contributed by atoms with Crippen molar-refractivity contribution in [2.75, 3.05) is 12.4 Å². The summed E-state index contributed by atoms with van der Waals surface area (Å²) in [5, 5.41) is 13.6. The Kier molecular flexibility index (Phi) is 5.08. The first-order valence-electron chi connectivity index (χ1n) is 11.9. The van der Waals surface area contributed by atoms with Gasteiger partial charge in [-0.25, -0.2) is 0 Å². The Morgan fingerprint density at radius 1 is 1.22 bits per heavy atom. The molecule has 1 aromatic rings. The van der Waals surface area contributed by atoms with Gasteiger partial charge < -0.3 is 15.2 Å². The molecule has 6 atom stereocenters. The number of benzene rings is 1. The molecule has 2 N–H and O–H groups in total. The van der Waals surface area contributed by atoms with Gasteiger partial charge in [0.05, 0.1) is 24.3 Å². The molecule has 32 heavy (non-hydrogen) atoms. The third-order valence-electron chi connectivity index (χ3n) is 9.01. The molecule has 0 aromatic heterocycles. The standard InChI is InChI=1S/C27H33NO4/c1-26-12-10-17(29)14-16(26)8-9-18-20(26)11-13-27(2,25(31)32-3)21(18)15-23-24(30)19-6-4-5-7-22(19)28-23/h4-8,15,17-18,20-21,28-29H,9-14H2,1-3H3/b23-15-. The number of carbonyl (C=O) groups excluding carboxylic acids is 2. The topological polar surface area (TPSA) is 75.6 Å². The van der Waals surface area contributed by atoms with Crippen LogP contribution in [0.15, 0.2) is 47.7 Å². The number of hydrogen-bond acceptors (Lipinski definition) is 5. The van der Waals surface area contributed by atoms with Crippen LogP contribution in [0, 0.1) is 28.6 Å². The summed E-state index contributed by atoms with van der Waals surface area (Å²) in [7, 11) is 1.46. The number of methoxy groups -OCH3 is 1. The third kappa shape index (κ3) is 3.08. The lowest BCUT2D eigenvalue weighted by Gasteiger charge is -2.57. The van der Waals surface area contributed by atoms with Gasteiger partial charge in [-0.2, -0.15) is 0 Å². The monoisotopic (exact) mass is 435 g/mol. The second kappa shape index (κ2) is 7.58. The van der Waals surface area contributed by atoms with E-state index in [1.165, 1.54) is 12.7 Å². The molecule has 6 unspecified atom stereocenters. The fourth-order valence-electron chi connectivity index (χ4n) is 7.11. The molecule has 2 fully saturated rings. The molecule has 3 aliphatic carbocycles. The summed E-state index contributed by atoms with van der Waals surface area (Å²) in [5.74, 6) is 0.376. The number of ether oxygens (including phenoxy) is 1. The molecule has 5 heteroatoms. The van der Waals surface area contributed by atoms with E-state index in [-0.39, 0.29) is 35.1 Å². The van der Waals surface area contributed by atoms with Gasteiger partial charge in [0.25, 0.3) is 0 Å². The Morgan fingerprint density at radius 3 is 2.75 bits per heavy atom. The maximum atomic E-state index is 13.1. The van der Waals surface area contributed by atoms with Crippen LogP contribution in [0.4, 0.5) is 5.69 Å². The van der Waals surface area contributed by atoms with E-state index in [9.17, 15) is 14.7 Å². The van der Waals surface area contributed by atoms with Crippen LogP contribution in [0.2, 0.25) is 0 Å². The highest BCUT2D eigenvalue weighted by atomic mass is 16.5. The second-order valence-corrected chi connectivity index (χ2v) is 10.6. The molecule has 170 valence electrons. The SMILES string of the molecule is COC(=O)C1(C)CCC2C(CC=C3CC(O)CCC32C)C1/C=C1\Nc2ccccc2C1=O. The Balaban J connectivity index is 1.56. The van der Waals surface area contributed by atoms with Crippen molar-refractivity contribution in [1.82, 2.24) is 0 Å². The molecule has 0 amide bonds. The number of para-hydroxylation sites is 1. The van der Waals surface area contributed by atoms with Crippen molar-refractivity contribution in [3.05, 3.63) is 53.3 Å². The summed E-state index contributed by atoms with van der Waals surface area (Å²) in [6, 6.07) is 7.56. The number of rotatable bonds is 2. The summed E-state index contributed by atoms with van der Waals surface area (Å²) < 4.78 is 5.28. The number of fused-ring (bicyclic) bond motifs is 4. The highest BCUT2D eigenvalue weighted by molar-refractivity contribution is 6.18. The average Bonchev–Trinajstić information content (AvgIpc) is 3.11. The smallest absolute Gasteiger partial charge is 0.312 e. The summed E-state index contributed by atoms with van der Waals surface area (Å²) in [6.07, 6.45) is 9.23. The predicted octanol–water partition coefficient (Wildman–Crippen LogP) is 4.88. The number of ketones is 1. The molecule has 1 aromatic carbocycles. The van der Waals surface area contributed by atoms with Gasteiger partial charge >= 0.3 is 5.97 Å². The van der Waals surface area contributed by atoms with Crippen molar-refractivity contribution in [1.29, 1.82) is 0 Å². The summed E-state index contributed by atoms with van der Waals surface area (Å²) in [6.45, 7) is 4.36. The quantitative estimate of drug-likeness (QED) is 0.393. The summed E-state index contributed by atoms with van der Waals surface area (Å²) >= 11 is 0. The Morgan fingerprint density at radius 2 is 2.00 bits per heavy atom. The maximum Gasteiger partial charge on any atom is 0.312 e. The third-order valence-corrected chi connectivity index (χ3v) is 9.01. The molecule has 0 radical (unpaired) electrons. The zero-order chi connectivity index (χ0) is 22.7. The number of hydrogen-bond donors (Lipinski definition) is 2. The zero-order valence-corrected chi connectivity index (χ0v) is 19.2. The van der Waals surface area contributed by atoms with E-state index in [2.05, 4.69) is 18.3 Å². The highest BCUT2D eigenvalue weighted by Crippen LogP contribution is 2.61. The first-order chi connectivity index (χ1) is 15.3. The van der Waals surface area contributed by atoms with Crippen molar-refractivity contribution in [3.8, 4) is 0 Å². The summed E-state index contributed by atoms with van der Waals surface area (Å²) in [4.78, 5) is 26.2. The molecule has 1 heterocycles. The largest absolute Gasteiger partial charge is 0.469 e. The number of allylic oxidation sites excluding steroid dienone is 3. The first kappa shape index (κ1) is 21.4. The van der Waals surface area contributed by atoms with Crippen molar-refractivity contribution < 1.29 is 19.4 Å². The Labute approximate surface area is 189 Å². The molecular weight excluding hydrogens is 402 g/mol. The van der Waals surface area contributed by atoms with Gasteiger partial charge in [-0.1, -0.05) is 36.8 Å².